The van der Waals surface area contributed by atoms with E-state index in [0.29, 0.717) is 31.0 Å². The Bertz CT molecular complexity index is 675. The Morgan fingerprint density at radius 3 is 2.76 bits per heavy atom. The molecule has 5 heteroatoms. The van der Waals surface area contributed by atoms with Crippen LogP contribution in [0.1, 0.15) is 15.9 Å². The van der Waals surface area contributed by atoms with Crippen LogP contribution in [0.2, 0.25) is 0 Å². The molecule has 0 aliphatic carbocycles. The van der Waals surface area contributed by atoms with Crippen LogP contribution in [0.5, 0.6) is 5.75 Å². The number of amides is 1. The Kier molecular flexibility index (Phi) is 3.92. The van der Waals surface area contributed by atoms with Gasteiger partial charge in [-0.15, -0.1) is 0 Å². The SMILES string of the molecule is O=C1c2cc(Br)c(F)cc2OCCN1Cc1ccccc1. The zero-order valence-corrected chi connectivity index (χ0v) is 12.8. The van der Waals surface area contributed by atoms with Crippen molar-refractivity contribution in [3.8, 4) is 5.75 Å². The lowest BCUT2D eigenvalue weighted by Gasteiger charge is -2.20. The highest BCUT2D eigenvalue weighted by atomic mass is 79.9. The van der Waals surface area contributed by atoms with E-state index in [0.717, 1.165) is 5.56 Å². The molecular formula is C16H13BrFNO2. The Morgan fingerprint density at radius 1 is 1.24 bits per heavy atom. The third kappa shape index (κ3) is 2.93. The first-order valence-corrected chi connectivity index (χ1v) is 7.39. The van der Waals surface area contributed by atoms with Gasteiger partial charge in [-0.25, -0.2) is 4.39 Å². The molecule has 2 aromatic carbocycles. The summed E-state index contributed by atoms with van der Waals surface area (Å²) in [5, 5.41) is 0. The van der Waals surface area contributed by atoms with Crippen LogP contribution < -0.4 is 4.74 Å². The zero-order chi connectivity index (χ0) is 14.8. The maximum absolute atomic E-state index is 13.6. The van der Waals surface area contributed by atoms with Gasteiger partial charge in [0.15, 0.2) is 0 Å². The molecule has 21 heavy (non-hydrogen) atoms. The number of carbonyl (C=O) groups is 1. The highest BCUT2D eigenvalue weighted by Gasteiger charge is 2.25. The van der Waals surface area contributed by atoms with E-state index in [-0.39, 0.29) is 10.4 Å². The minimum Gasteiger partial charge on any atom is -0.491 e. The van der Waals surface area contributed by atoms with E-state index in [4.69, 9.17) is 4.74 Å². The molecule has 1 aliphatic heterocycles. The molecule has 0 fully saturated rings. The van der Waals surface area contributed by atoms with Crippen LogP contribution in [0.25, 0.3) is 0 Å². The van der Waals surface area contributed by atoms with Crippen molar-refractivity contribution >= 4 is 21.8 Å². The Morgan fingerprint density at radius 2 is 2.00 bits per heavy atom. The number of nitrogens with zero attached hydrogens (tertiary/aromatic N) is 1. The molecule has 1 heterocycles. The number of carbonyl (C=O) groups excluding carboxylic acids is 1. The molecule has 0 N–H and O–H groups in total. The van der Waals surface area contributed by atoms with Gasteiger partial charge in [-0.3, -0.25) is 4.79 Å². The topological polar surface area (TPSA) is 29.5 Å². The fourth-order valence-corrected chi connectivity index (χ4v) is 2.65. The largest absolute Gasteiger partial charge is 0.491 e. The molecule has 0 atom stereocenters. The minimum absolute atomic E-state index is 0.146. The van der Waals surface area contributed by atoms with Crippen molar-refractivity contribution in [3.63, 3.8) is 0 Å². The molecule has 0 spiro atoms. The van der Waals surface area contributed by atoms with Gasteiger partial charge in [0.2, 0.25) is 0 Å². The Hall–Kier alpha value is -1.88. The van der Waals surface area contributed by atoms with Crippen LogP contribution in [0.15, 0.2) is 46.9 Å². The van der Waals surface area contributed by atoms with Crippen molar-refractivity contribution in [2.75, 3.05) is 13.2 Å². The third-order valence-electron chi connectivity index (χ3n) is 3.38. The summed E-state index contributed by atoms with van der Waals surface area (Å²) < 4.78 is 19.3. The molecule has 0 saturated heterocycles. The molecule has 108 valence electrons. The molecule has 0 unspecified atom stereocenters. The third-order valence-corrected chi connectivity index (χ3v) is 3.98. The first-order valence-electron chi connectivity index (χ1n) is 6.60. The van der Waals surface area contributed by atoms with Gasteiger partial charge in [0.25, 0.3) is 5.91 Å². The number of ether oxygens (including phenoxy) is 1. The number of benzene rings is 2. The summed E-state index contributed by atoms with van der Waals surface area (Å²) in [4.78, 5) is 14.3. The lowest BCUT2D eigenvalue weighted by Crippen LogP contribution is -2.31. The van der Waals surface area contributed by atoms with E-state index in [1.54, 1.807) is 4.90 Å². The minimum atomic E-state index is -0.432. The first kappa shape index (κ1) is 14.1. The standard InChI is InChI=1S/C16H13BrFNO2/c17-13-8-12-15(9-14(13)18)21-7-6-19(16(12)20)10-11-4-2-1-3-5-11/h1-5,8-9H,6-7,10H2. The fourth-order valence-electron chi connectivity index (χ4n) is 2.31. The molecule has 3 nitrogen and oxygen atoms in total. The summed E-state index contributed by atoms with van der Waals surface area (Å²) >= 11 is 3.11. The van der Waals surface area contributed by atoms with E-state index < -0.39 is 5.82 Å². The van der Waals surface area contributed by atoms with Crippen molar-refractivity contribution in [2.45, 2.75) is 6.54 Å². The van der Waals surface area contributed by atoms with Gasteiger partial charge in [0.1, 0.15) is 18.2 Å². The molecule has 2 aromatic rings. The lowest BCUT2D eigenvalue weighted by atomic mass is 10.1. The van der Waals surface area contributed by atoms with Crippen LogP contribution in [0, 0.1) is 5.82 Å². The molecule has 0 saturated carbocycles. The molecule has 0 aromatic heterocycles. The number of fused-ring (bicyclic) bond motifs is 1. The van der Waals surface area contributed by atoms with E-state index in [1.165, 1.54) is 12.1 Å². The molecule has 1 amide bonds. The number of hydrogen-bond donors (Lipinski definition) is 0. The lowest BCUT2D eigenvalue weighted by molar-refractivity contribution is 0.0743. The van der Waals surface area contributed by atoms with Crippen LogP contribution in [0.3, 0.4) is 0 Å². The monoisotopic (exact) mass is 349 g/mol. The van der Waals surface area contributed by atoms with Gasteiger partial charge in [-0.2, -0.15) is 0 Å². The highest BCUT2D eigenvalue weighted by Crippen LogP contribution is 2.29. The van der Waals surface area contributed by atoms with Gasteiger partial charge in [0.05, 0.1) is 16.6 Å². The van der Waals surface area contributed by atoms with E-state index in [2.05, 4.69) is 15.9 Å². The summed E-state index contributed by atoms with van der Waals surface area (Å²) in [6.45, 7) is 1.34. The normalized spacial score (nSPS) is 14.4. The van der Waals surface area contributed by atoms with Gasteiger partial charge < -0.3 is 9.64 Å². The van der Waals surface area contributed by atoms with Crippen LogP contribution in [-0.4, -0.2) is 24.0 Å². The molecule has 0 bridgehead atoms. The van der Waals surface area contributed by atoms with Crippen molar-refractivity contribution in [2.24, 2.45) is 0 Å². The summed E-state index contributed by atoms with van der Waals surface area (Å²) in [7, 11) is 0. The smallest absolute Gasteiger partial charge is 0.258 e. The Labute approximate surface area is 130 Å². The van der Waals surface area contributed by atoms with Crippen molar-refractivity contribution in [3.05, 3.63) is 63.9 Å². The molecular weight excluding hydrogens is 337 g/mol. The predicted octanol–water partition coefficient (Wildman–Crippen LogP) is 3.62. The number of hydrogen-bond acceptors (Lipinski definition) is 2. The first-order chi connectivity index (χ1) is 10.1. The average Bonchev–Trinajstić information content (AvgIpc) is 2.62. The van der Waals surface area contributed by atoms with Crippen molar-refractivity contribution in [1.82, 2.24) is 4.90 Å². The average molecular weight is 350 g/mol. The number of halogens is 2. The zero-order valence-electron chi connectivity index (χ0n) is 11.2. The van der Waals surface area contributed by atoms with Gasteiger partial charge in [-0.05, 0) is 27.6 Å². The summed E-state index contributed by atoms with van der Waals surface area (Å²) in [6.07, 6.45) is 0. The highest BCUT2D eigenvalue weighted by molar-refractivity contribution is 9.10. The van der Waals surface area contributed by atoms with Gasteiger partial charge >= 0.3 is 0 Å². The van der Waals surface area contributed by atoms with E-state index in [1.807, 2.05) is 30.3 Å². The predicted molar refractivity (Wildman–Crippen MR) is 80.8 cm³/mol. The molecule has 1 aliphatic rings. The van der Waals surface area contributed by atoms with Gasteiger partial charge in [-0.1, -0.05) is 30.3 Å². The maximum atomic E-state index is 13.6. The summed E-state index contributed by atoms with van der Waals surface area (Å²) in [6, 6.07) is 12.5. The van der Waals surface area contributed by atoms with E-state index >= 15 is 0 Å². The molecule has 3 rings (SSSR count). The summed E-state index contributed by atoms with van der Waals surface area (Å²) in [5.41, 5.74) is 1.44. The quantitative estimate of drug-likeness (QED) is 0.828. The number of rotatable bonds is 2. The second kappa shape index (κ2) is 5.85. The van der Waals surface area contributed by atoms with Crippen molar-refractivity contribution < 1.29 is 13.9 Å². The fraction of sp³-hybridized carbons (Fsp3) is 0.188. The van der Waals surface area contributed by atoms with Crippen molar-refractivity contribution in [1.29, 1.82) is 0 Å². The summed E-state index contributed by atoms with van der Waals surface area (Å²) in [5.74, 6) is -0.277. The second-order valence-corrected chi connectivity index (χ2v) is 5.68. The molecule has 0 radical (unpaired) electrons. The maximum Gasteiger partial charge on any atom is 0.258 e. The van der Waals surface area contributed by atoms with Gasteiger partial charge in [0, 0.05) is 12.6 Å². The van der Waals surface area contributed by atoms with Crippen LogP contribution >= 0.6 is 15.9 Å². The van der Waals surface area contributed by atoms with E-state index in [9.17, 15) is 9.18 Å². The van der Waals surface area contributed by atoms with Crippen LogP contribution in [-0.2, 0) is 6.54 Å². The Balaban J connectivity index is 1.91. The second-order valence-electron chi connectivity index (χ2n) is 4.82. The van der Waals surface area contributed by atoms with Crippen LogP contribution in [0.4, 0.5) is 4.39 Å².